The van der Waals surface area contributed by atoms with Crippen molar-refractivity contribution in [2.24, 2.45) is 0 Å². The molecule has 0 amide bonds. The maximum absolute atomic E-state index is 9.60. The van der Waals surface area contributed by atoms with Crippen molar-refractivity contribution < 1.29 is 20.1 Å². The highest BCUT2D eigenvalue weighted by molar-refractivity contribution is 5.52. The lowest BCUT2D eigenvalue weighted by Gasteiger charge is -2.18. The fraction of sp³-hybridized carbons (Fsp3) is 0.400. The van der Waals surface area contributed by atoms with Gasteiger partial charge in [-0.25, -0.2) is 0 Å². The topological polar surface area (TPSA) is 95.9 Å². The van der Waals surface area contributed by atoms with Crippen LogP contribution in [0.5, 0.6) is 5.75 Å². The van der Waals surface area contributed by atoms with Crippen molar-refractivity contribution >= 4 is 5.69 Å². The molecule has 15 heavy (non-hydrogen) atoms. The molecule has 1 rings (SSSR count). The molecule has 5 heteroatoms. The number of ether oxygens (including phenoxy) is 1. The van der Waals surface area contributed by atoms with Gasteiger partial charge in [-0.1, -0.05) is 6.07 Å². The highest BCUT2D eigenvalue weighted by Gasteiger charge is 2.19. The van der Waals surface area contributed by atoms with Gasteiger partial charge in [0.25, 0.3) is 0 Å². The first-order valence-corrected chi connectivity index (χ1v) is 4.50. The first-order chi connectivity index (χ1) is 7.10. The Morgan fingerprint density at radius 1 is 1.40 bits per heavy atom. The summed E-state index contributed by atoms with van der Waals surface area (Å²) in [5.41, 5.74) is 6.34. The molecule has 2 atom stereocenters. The van der Waals surface area contributed by atoms with E-state index < -0.39 is 18.8 Å². The smallest absolute Gasteiger partial charge is 0.120 e. The summed E-state index contributed by atoms with van der Waals surface area (Å²) in [7, 11) is 1.51. The van der Waals surface area contributed by atoms with Gasteiger partial charge < -0.3 is 25.8 Å². The molecule has 5 N–H and O–H groups in total. The van der Waals surface area contributed by atoms with Gasteiger partial charge in [0.2, 0.25) is 0 Å². The largest absolute Gasteiger partial charge is 0.497 e. The molecular formula is C10H15NO4. The van der Waals surface area contributed by atoms with Crippen LogP contribution in [0.2, 0.25) is 0 Å². The molecule has 1 aromatic carbocycles. The zero-order valence-corrected chi connectivity index (χ0v) is 8.42. The lowest BCUT2D eigenvalue weighted by molar-refractivity contribution is -0.0149. The Morgan fingerprint density at radius 2 is 2.07 bits per heavy atom. The fourth-order valence-corrected chi connectivity index (χ4v) is 1.26. The van der Waals surface area contributed by atoms with E-state index in [4.69, 9.17) is 15.6 Å². The second-order valence-corrected chi connectivity index (χ2v) is 3.19. The predicted molar refractivity (Wildman–Crippen MR) is 55.5 cm³/mol. The monoisotopic (exact) mass is 213 g/mol. The van der Waals surface area contributed by atoms with Crippen molar-refractivity contribution in [2.75, 3.05) is 19.5 Å². The number of benzene rings is 1. The molecule has 0 heterocycles. The van der Waals surface area contributed by atoms with Crippen molar-refractivity contribution in [3.8, 4) is 5.75 Å². The number of nitrogens with two attached hydrogens (primary N) is 1. The summed E-state index contributed by atoms with van der Waals surface area (Å²) in [6, 6.07) is 4.72. The van der Waals surface area contributed by atoms with E-state index in [1.165, 1.54) is 7.11 Å². The Bertz CT molecular complexity index is 329. The fourth-order valence-electron chi connectivity index (χ4n) is 1.26. The van der Waals surface area contributed by atoms with Crippen molar-refractivity contribution in [2.45, 2.75) is 12.2 Å². The molecule has 0 fully saturated rings. The van der Waals surface area contributed by atoms with Gasteiger partial charge in [0, 0.05) is 17.3 Å². The Morgan fingerprint density at radius 3 is 2.53 bits per heavy atom. The van der Waals surface area contributed by atoms with Crippen LogP contribution in [-0.4, -0.2) is 35.1 Å². The van der Waals surface area contributed by atoms with Gasteiger partial charge in [0.05, 0.1) is 13.7 Å². The van der Waals surface area contributed by atoms with E-state index in [0.717, 1.165) is 0 Å². The van der Waals surface area contributed by atoms with Crippen molar-refractivity contribution in [1.82, 2.24) is 0 Å². The number of anilines is 1. The number of aliphatic hydroxyl groups excluding tert-OH is 3. The Labute approximate surface area is 87.7 Å². The van der Waals surface area contributed by atoms with Gasteiger partial charge in [0.15, 0.2) is 0 Å². The minimum atomic E-state index is -1.24. The summed E-state index contributed by atoms with van der Waals surface area (Å²) >= 11 is 0. The van der Waals surface area contributed by atoms with Crippen LogP contribution >= 0.6 is 0 Å². The second kappa shape index (κ2) is 4.97. The molecule has 84 valence electrons. The van der Waals surface area contributed by atoms with E-state index >= 15 is 0 Å². The number of hydrogen-bond donors (Lipinski definition) is 4. The molecule has 0 aliphatic carbocycles. The third kappa shape index (κ3) is 2.59. The third-order valence-corrected chi connectivity index (χ3v) is 2.16. The van der Waals surface area contributed by atoms with Gasteiger partial charge >= 0.3 is 0 Å². The molecule has 0 aromatic heterocycles. The number of hydrogen-bond acceptors (Lipinski definition) is 5. The molecule has 0 saturated heterocycles. The minimum absolute atomic E-state index is 0.314. The van der Waals surface area contributed by atoms with Crippen LogP contribution in [0.4, 0.5) is 5.69 Å². The molecular weight excluding hydrogens is 198 g/mol. The van der Waals surface area contributed by atoms with E-state index in [2.05, 4.69) is 0 Å². The maximum atomic E-state index is 9.60. The van der Waals surface area contributed by atoms with Gasteiger partial charge in [-0.3, -0.25) is 0 Å². The normalized spacial score (nSPS) is 14.7. The van der Waals surface area contributed by atoms with Crippen LogP contribution < -0.4 is 10.5 Å². The van der Waals surface area contributed by atoms with Gasteiger partial charge in [-0.2, -0.15) is 0 Å². The molecule has 1 aromatic rings. The molecule has 0 spiro atoms. The molecule has 2 unspecified atom stereocenters. The van der Waals surface area contributed by atoms with E-state index in [9.17, 15) is 10.2 Å². The summed E-state index contributed by atoms with van der Waals surface area (Å²) in [4.78, 5) is 0. The van der Waals surface area contributed by atoms with Crippen molar-refractivity contribution in [3.63, 3.8) is 0 Å². The molecule has 0 bridgehead atoms. The summed E-state index contributed by atoms with van der Waals surface area (Å²) in [6.45, 7) is -0.521. The zero-order chi connectivity index (χ0) is 11.4. The number of methoxy groups -OCH3 is 1. The van der Waals surface area contributed by atoms with Gasteiger partial charge in [-0.15, -0.1) is 0 Å². The number of nitrogen functional groups attached to an aromatic ring is 1. The van der Waals surface area contributed by atoms with E-state index in [0.29, 0.717) is 17.0 Å². The number of aliphatic hydroxyl groups is 3. The van der Waals surface area contributed by atoms with Crippen LogP contribution in [0.15, 0.2) is 18.2 Å². The average molecular weight is 213 g/mol. The summed E-state index contributed by atoms with van der Waals surface area (Å²) < 4.78 is 4.94. The lowest BCUT2D eigenvalue weighted by atomic mass is 10.0. The molecule has 0 saturated carbocycles. The van der Waals surface area contributed by atoms with Crippen LogP contribution in [0, 0.1) is 0 Å². The first-order valence-electron chi connectivity index (χ1n) is 4.50. The number of rotatable bonds is 4. The second-order valence-electron chi connectivity index (χ2n) is 3.19. The van der Waals surface area contributed by atoms with E-state index in [1.54, 1.807) is 18.2 Å². The molecule has 0 radical (unpaired) electrons. The zero-order valence-electron chi connectivity index (χ0n) is 8.42. The highest BCUT2D eigenvalue weighted by Crippen LogP contribution is 2.26. The molecule has 0 aliphatic heterocycles. The predicted octanol–water partition coefficient (Wildman–Crippen LogP) is -0.336. The van der Waals surface area contributed by atoms with Crippen molar-refractivity contribution in [1.29, 1.82) is 0 Å². The van der Waals surface area contributed by atoms with Gasteiger partial charge in [-0.05, 0) is 6.07 Å². The average Bonchev–Trinajstić information content (AvgIpc) is 2.26. The Balaban J connectivity index is 2.95. The van der Waals surface area contributed by atoms with Crippen molar-refractivity contribution in [3.05, 3.63) is 23.8 Å². The van der Waals surface area contributed by atoms with Crippen LogP contribution in [0.3, 0.4) is 0 Å². The standard InChI is InChI=1S/C10H15NO4/c1-15-6-2-3-7(8(11)4-6)10(14)9(13)5-12/h2-4,9-10,12-14H,5,11H2,1H3. The molecule has 0 aliphatic rings. The minimum Gasteiger partial charge on any atom is -0.497 e. The Kier molecular flexibility index (Phi) is 3.90. The van der Waals surface area contributed by atoms with E-state index in [-0.39, 0.29) is 0 Å². The molecule has 5 nitrogen and oxygen atoms in total. The SMILES string of the molecule is COc1ccc(C(O)C(O)CO)c(N)c1. The third-order valence-electron chi connectivity index (χ3n) is 2.16. The van der Waals surface area contributed by atoms with Crippen LogP contribution in [0.25, 0.3) is 0 Å². The summed E-state index contributed by atoms with van der Waals surface area (Å²) in [5.74, 6) is 0.571. The lowest BCUT2D eigenvalue weighted by Crippen LogP contribution is -2.22. The summed E-state index contributed by atoms with van der Waals surface area (Å²) in [6.07, 6.45) is -2.43. The Hall–Kier alpha value is -1.30. The van der Waals surface area contributed by atoms with Gasteiger partial charge in [0.1, 0.15) is 18.0 Å². The maximum Gasteiger partial charge on any atom is 0.120 e. The quantitative estimate of drug-likeness (QED) is 0.513. The highest BCUT2D eigenvalue weighted by atomic mass is 16.5. The first kappa shape index (κ1) is 11.8. The van der Waals surface area contributed by atoms with Crippen LogP contribution in [-0.2, 0) is 0 Å². The van der Waals surface area contributed by atoms with E-state index in [1.807, 2.05) is 0 Å². The summed E-state index contributed by atoms with van der Waals surface area (Å²) in [5, 5.41) is 27.5. The van der Waals surface area contributed by atoms with Crippen LogP contribution in [0.1, 0.15) is 11.7 Å².